The number of pyridine rings is 1. The zero-order valence-corrected chi connectivity index (χ0v) is 19.1. The molecule has 0 aliphatic carbocycles. The Kier molecular flexibility index (Phi) is 6.55. The number of anilines is 1. The van der Waals surface area contributed by atoms with Crippen LogP contribution in [0, 0.1) is 0 Å². The number of hydrogen-bond acceptors (Lipinski definition) is 8. The number of rotatable bonds is 8. The monoisotopic (exact) mass is 466 g/mol. The van der Waals surface area contributed by atoms with Crippen molar-refractivity contribution in [2.75, 3.05) is 26.1 Å². The van der Waals surface area contributed by atoms with Gasteiger partial charge in [0.1, 0.15) is 11.5 Å². The van der Waals surface area contributed by atoms with Gasteiger partial charge in [0.25, 0.3) is 5.91 Å². The summed E-state index contributed by atoms with van der Waals surface area (Å²) >= 11 is 1.52. The third-order valence-electron chi connectivity index (χ3n) is 4.92. The van der Waals surface area contributed by atoms with Crippen molar-refractivity contribution in [2.45, 2.75) is 13.5 Å². The zero-order valence-electron chi connectivity index (χ0n) is 18.3. The lowest BCUT2D eigenvalue weighted by Crippen LogP contribution is -2.21. The number of carbonyl (C=O) groups is 2. The maximum absolute atomic E-state index is 12.9. The highest BCUT2D eigenvalue weighted by molar-refractivity contribution is 7.13. The standard InChI is InChI=1S/C23H22N4O5S/c1-4-27-22-16(12-24-27)15(11-18(26-22)20-6-5-9-33-20)23(29)32-13-21(28)25-17-8-7-14(30-2)10-19(17)31-3/h5-12H,4,13H2,1-3H3,(H,25,28). The first-order chi connectivity index (χ1) is 16.0. The fraction of sp³-hybridized carbons (Fsp3) is 0.217. The molecule has 10 heteroatoms. The van der Waals surface area contributed by atoms with Crippen LogP contribution < -0.4 is 14.8 Å². The lowest BCUT2D eigenvalue weighted by Gasteiger charge is -2.12. The van der Waals surface area contributed by atoms with Crippen LogP contribution in [-0.4, -0.2) is 47.5 Å². The molecule has 170 valence electrons. The van der Waals surface area contributed by atoms with Gasteiger partial charge in [0.05, 0.1) is 47.6 Å². The Morgan fingerprint density at radius 2 is 2.00 bits per heavy atom. The van der Waals surface area contributed by atoms with Crippen molar-refractivity contribution in [3.63, 3.8) is 0 Å². The number of nitrogens with zero attached hydrogens (tertiary/aromatic N) is 3. The summed E-state index contributed by atoms with van der Waals surface area (Å²) < 4.78 is 17.5. The fourth-order valence-corrected chi connectivity index (χ4v) is 3.98. The molecule has 4 rings (SSSR count). The minimum atomic E-state index is -0.632. The maximum atomic E-state index is 12.9. The van der Waals surface area contributed by atoms with Crippen LogP contribution in [-0.2, 0) is 16.1 Å². The van der Waals surface area contributed by atoms with E-state index in [9.17, 15) is 9.59 Å². The summed E-state index contributed by atoms with van der Waals surface area (Å²) in [7, 11) is 3.03. The van der Waals surface area contributed by atoms with E-state index < -0.39 is 18.5 Å². The molecule has 0 unspecified atom stereocenters. The number of amides is 1. The van der Waals surface area contributed by atoms with Crippen LogP contribution in [0.25, 0.3) is 21.6 Å². The molecule has 0 radical (unpaired) electrons. The number of hydrogen-bond donors (Lipinski definition) is 1. The van der Waals surface area contributed by atoms with Crippen LogP contribution in [0.2, 0.25) is 0 Å². The third-order valence-corrected chi connectivity index (χ3v) is 5.81. The predicted octanol–water partition coefficient (Wildman–Crippen LogP) is 3.99. The van der Waals surface area contributed by atoms with Crippen LogP contribution in [0.15, 0.2) is 48.0 Å². The molecule has 4 aromatic rings. The van der Waals surface area contributed by atoms with Gasteiger partial charge in [0, 0.05) is 12.6 Å². The number of aromatic nitrogens is 3. The Bertz CT molecular complexity index is 1300. The number of aryl methyl sites for hydroxylation is 1. The van der Waals surface area contributed by atoms with E-state index in [-0.39, 0.29) is 0 Å². The number of thiophene rings is 1. The summed E-state index contributed by atoms with van der Waals surface area (Å²) in [6.07, 6.45) is 1.59. The van der Waals surface area contributed by atoms with Gasteiger partial charge in [-0.15, -0.1) is 11.3 Å². The van der Waals surface area contributed by atoms with Crippen LogP contribution in [0.1, 0.15) is 17.3 Å². The molecule has 0 aliphatic heterocycles. The van der Waals surface area contributed by atoms with Crippen LogP contribution >= 0.6 is 11.3 Å². The molecule has 0 saturated heterocycles. The Hall–Kier alpha value is -3.92. The number of methoxy groups -OCH3 is 2. The number of carbonyl (C=O) groups excluding carboxylic acids is 2. The van der Waals surface area contributed by atoms with Gasteiger partial charge >= 0.3 is 5.97 Å². The number of nitrogens with one attached hydrogen (secondary N) is 1. The molecule has 3 aromatic heterocycles. The smallest absolute Gasteiger partial charge is 0.339 e. The lowest BCUT2D eigenvalue weighted by molar-refractivity contribution is -0.119. The number of benzene rings is 1. The summed E-state index contributed by atoms with van der Waals surface area (Å²) in [5, 5.41) is 9.50. The van der Waals surface area contributed by atoms with Crippen molar-refractivity contribution in [1.29, 1.82) is 0 Å². The molecule has 0 spiro atoms. The molecule has 0 bridgehead atoms. The van der Waals surface area contributed by atoms with E-state index in [0.29, 0.717) is 46.0 Å². The van der Waals surface area contributed by atoms with Crippen molar-refractivity contribution < 1.29 is 23.8 Å². The normalized spacial score (nSPS) is 10.8. The van der Waals surface area contributed by atoms with E-state index in [0.717, 1.165) is 4.88 Å². The highest BCUT2D eigenvalue weighted by Gasteiger charge is 2.20. The quantitative estimate of drug-likeness (QED) is 0.392. The van der Waals surface area contributed by atoms with Crippen molar-refractivity contribution in [3.8, 4) is 22.1 Å². The molecular formula is C23H22N4O5S. The molecule has 33 heavy (non-hydrogen) atoms. The average molecular weight is 467 g/mol. The van der Waals surface area contributed by atoms with Crippen molar-refractivity contribution in [3.05, 3.63) is 53.5 Å². The van der Waals surface area contributed by atoms with E-state index in [1.807, 2.05) is 24.4 Å². The Balaban J connectivity index is 1.53. The molecular weight excluding hydrogens is 444 g/mol. The van der Waals surface area contributed by atoms with E-state index >= 15 is 0 Å². The lowest BCUT2D eigenvalue weighted by atomic mass is 10.1. The second kappa shape index (κ2) is 9.70. The van der Waals surface area contributed by atoms with Crippen molar-refractivity contribution in [2.24, 2.45) is 0 Å². The van der Waals surface area contributed by atoms with Gasteiger partial charge in [0.15, 0.2) is 12.3 Å². The SMILES string of the molecule is CCn1ncc2c(C(=O)OCC(=O)Nc3ccc(OC)cc3OC)cc(-c3cccs3)nc21. The first kappa shape index (κ1) is 22.3. The summed E-state index contributed by atoms with van der Waals surface area (Å²) in [5.41, 5.74) is 1.97. The summed E-state index contributed by atoms with van der Waals surface area (Å²) in [6.45, 7) is 2.08. The second-order valence-electron chi connectivity index (χ2n) is 6.92. The van der Waals surface area contributed by atoms with Crippen molar-refractivity contribution in [1.82, 2.24) is 14.8 Å². The third kappa shape index (κ3) is 4.65. The van der Waals surface area contributed by atoms with E-state index in [2.05, 4.69) is 15.4 Å². The largest absolute Gasteiger partial charge is 0.497 e. The maximum Gasteiger partial charge on any atom is 0.339 e. The van der Waals surface area contributed by atoms with Gasteiger partial charge in [-0.3, -0.25) is 4.79 Å². The molecule has 0 fully saturated rings. The van der Waals surface area contributed by atoms with Crippen LogP contribution in [0.5, 0.6) is 11.5 Å². The average Bonchev–Trinajstić information content (AvgIpc) is 3.52. The number of esters is 1. The highest BCUT2D eigenvalue weighted by atomic mass is 32.1. The van der Waals surface area contributed by atoms with Gasteiger partial charge in [0.2, 0.25) is 0 Å². The Morgan fingerprint density at radius 3 is 2.70 bits per heavy atom. The molecule has 0 aliphatic rings. The number of ether oxygens (including phenoxy) is 3. The molecule has 1 aromatic carbocycles. The summed E-state index contributed by atoms with van der Waals surface area (Å²) in [5.74, 6) is -0.114. The first-order valence-corrected chi connectivity index (χ1v) is 11.0. The Morgan fingerprint density at radius 1 is 1.15 bits per heavy atom. The summed E-state index contributed by atoms with van der Waals surface area (Å²) in [6, 6.07) is 10.5. The van der Waals surface area contributed by atoms with Crippen molar-refractivity contribution >= 4 is 39.9 Å². The van der Waals surface area contributed by atoms with Crippen LogP contribution in [0.3, 0.4) is 0 Å². The van der Waals surface area contributed by atoms with E-state index in [4.69, 9.17) is 14.2 Å². The molecule has 9 nitrogen and oxygen atoms in total. The molecule has 0 atom stereocenters. The fourth-order valence-electron chi connectivity index (χ4n) is 3.30. The summed E-state index contributed by atoms with van der Waals surface area (Å²) in [4.78, 5) is 31.0. The van der Waals surface area contributed by atoms with Gasteiger partial charge in [-0.2, -0.15) is 5.10 Å². The van der Waals surface area contributed by atoms with Crippen LogP contribution in [0.4, 0.5) is 5.69 Å². The second-order valence-corrected chi connectivity index (χ2v) is 7.87. The van der Waals surface area contributed by atoms with E-state index in [1.54, 1.807) is 35.1 Å². The molecule has 0 saturated carbocycles. The zero-order chi connectivity index (χ0) is 23.4. The molecule has 1 N–H and O–H groups in total. The Labute approximate surface area is 193 Å². The minimum absolute atomic E-state index is 0.304. The van der Waals surface area contributed by atoms with Gasteiger partial charge in [-0.25, -0.2) is 14.5 Å². The highest BCUT2D eigenvalue weighted by Crippen LogP contribution is 2.30. The minimum Gasteiger partial charge on any atom is -0.497 e. The molecule has 1 amide bonds. The predicted molar refractivity (Wildman–Crippen MR) is 125 cm³/mol. The topological polar surface area (TPSA) is 105 Å². The number of fused-ring (bicyclic) bond motifs is 1. The van der Waals surface area contributed by atoms with Gasteiger partial charge in [-0.05, 0) is 36.6 Å². The van der Waals surface area contributed by atoms with Gasteiger partial charge < -0.3 is 19.5 Å². The van der Waals surface area contributed by atoms with Gasteiger partial charge in [-0.1, -0.05) is 6.07 Å². The van der Waals surface area contributed by atoms with E-state index in [1.165, 1.54) is 25.6 Å². The molecule has 3 heterocycles. The first-order valence-electron chi connectivity index (χ1n) is 10.1.